The van der Waals surface area contributed by atoms with E-state index in [-0.39, 0.29) is 33.2 Å². The molecule has 1 atom stereocenters. The van der Waals surface area contributed by atoms with Gasteiger partial charge >= 0.3 is 5.97 Å². The van der Waals surface area contributed by atoms with Crippen molar-refractivity contribution < 1.29 is 9.90 Å². The van der Waals surface area contributed by atoms with Crippen molar-refractivity contribution in [3.05, 3.63) is 0 Å². The number of carboxylic acids is 1. The summed E-state index contributed by atoms with van der Waals surface area (Å²) in [5.41, 5.74) is 0. The molecule has 0 aliphatic rings. The van der Waals surface area contributed by atoms with Gasteiger partial charge in [0, 0.05) is 27.3 Å². The van der Waals surface area contributed by atoms with Crippen LogP contribution in [0.3, 0.4) is 0 Å². The average Bonchev–Trinajstić information content (AvgIpc) is 1.89. The number of rotatable bonds is 5. The van der Waals surface area contributed by atoms with E-state index in [0.717, 1.165) is 25.7 Å². The van der Waals surface area contributed by atoms with Gasteiger partial charge in [0.25, 0.3) is 0 Å². The smallest absolute Gasteiger partial charge is 0.306 e. The molecule has 0 saturated heterocycles. The van der Waals surface area contributed by atoms with Crippen molar-refractivity contribution in [1.82, 2.24) is 0 Å². The minimum Gasteiger partial charge on any atom is -0.481 e. The Morgan fingerprint density at radius 2 is 2.00 bits per heavy atom. The first-order valence-corrected chi connectivity index (χ1v) is 3.95. The van der Waals surface area contributed by atoms with Gasteiger partial charge in [-0.2, -0.15) is 0 Å². The molecule has 0 rings (SSSR count). The van der Waals surface area contributed by atoms with Crippen LogP contribution in [-0.4, -0.2) is 38.4 Å². The van der Waals surface area contributed by atoms with Gasteiger partial charge in [-0.25, -0.2) is 0 Å². The summed E-state index contributed by atoms with van der Waals surface area (Å²) in [6, 6.07) is 0. The van der Waals surface area contributed by atoms with Gasteiger partial charge in [-0.1, -0.05) is 26.7 Å². The zero-order valence-corrected chi connectivity index (χ0v) is 11.1. The second-order valence-corrected chi connectivity index (χ2v) is 2.59. The number of aliphatic carboxylic acids is 1. The van der Waals surface area contributed by atoms with Crippen molar-refractivity contribution in [3.63, 3.8) is 0 Å². The van der Waals surface area contributed by atoms with Crippen LogP contribution in [0, 0.1) is 5.92 Å². The molecule has 2 nitrogen and oxygen atoms in total. The molecule has 0 spiro atoms. The Kier molecular flexibility index (Phi) is 10.8. The van der Waals surface area contributed by atoms with Crippen molar-refractivity contribution in [3.8, 4) is 0 Å². The molecule has 0 bridgehead atoms. The monoisotopic (exact) mass is 352 g/mol. The molecule has 0 saturated carbocycles. The Labute approximate surface area is 88.5 Å². The second-order valence-electron chi connectivity index (χ2n) is 2.59. The summed E-state index contributed by atoms with van der Waals surface area (Å²) in [5, 5.41) is 8.60. The fraction of sp³-hybridized carbons (Fsp3) is 0.875. The van der Waals surface area contributed by atoms with Crippen LogP contribution < -0.4 is 0 Å². The summed E-state index contributed by atoms with van der Waals surface area (Å²) < 4.78 is 0. The molecule has 4 radical (unpaired) electrons. The molecular weight excluding hydrogens is 335 g/mol. The molecule has 1 unspecified atom stereocenters. The predicted octanol–water partition coefficient (Wildman–Crippen LogP) is 1.91. The van der Waals surface area contributed by atoms with Crippen LogP contribution in [-0.2, 0) is 4.79 Å². The van der Waals surface area contributed by atoms with Gasteiger partial charge in [0.15, 0.2) is 0 Å². The molecule has 0 aliphatic carbocycles. The maximum absolute atomic E-state index is 10.4. The molecule has 0 aromatic carbocycles. The Hall–Kier alpha value is 0.392. The van der Waals surface area contributed by atoms with E-state index in [0.29, 0.717) is 0 Å². The van der Waals surface area contributed by atoms with Crippen molar-refractivity contribution >= 4 is 33.3 Å². The van der Waals surface area contributed by atoms with E-state index in [9.17, 15) is 4.79 Å². The summed E-state index contributed by atoms with van der Waals surface area (Å²) in [5.74, 6) is -0.754. The molecule has 0 amide bonds. The van der Waals surface area contributed by atoms with E-state index in [1.165, 1.54) is 0 Å². The number of carbonyl (C=O) groups is 1. The van der Waals surface area contributed by atoms with Gasteiger partial charge in [0.1, 0.15) is 0 Å². The topological polar surface area (TPSA) is 37.3 Å². The SMILES string of the molecule is CCCCC(CC)C(=O)O.[Pb]. The molecule has 0 heterocycles. The van der Waals surface area contributed by atoms with Crippen LogP contribution in [0.2, 0.25) is 0 Å². The number of hydrogen-bond donors (Lipinski definition) is 1. The minimum absolute atomic E-state index is 0. The van der Waals surface area contributed by atoms with Crippen LogP contribution in [0.25, 0.3) is 0 Å². The van der Waals surface area contributed by atoms with Gasteiger partial charge in [0.2, 0.25) is 0 Å². The van der Waals surface area contributed by atoms with Gasteiger partial charge in [-0.3, -0.25) is 4.79 Å². The van der Waals surface area contributed by atoms with Gasteiger partial charge in [0.05, 0.1) is 5.92 Å². The molecule has 0 aliphatic heterocycles. The standard InChI is InChI=1S/C8H16O2.Pb/c1-3-5-6-7(4-2)8(9)10;/h7H,3-6H2,1-2H3,(H,9,10);. The third-order valence-corrected chi connectivity index (χ3v) is 1.75. The Morgan fingerprint density at radius 1 is 1.45 bits per heavy atom. The molecule has 0 aromatic rings. The van der Waals surface area contributed by atoms with Crippen LogP contribution >= 0.6 is 0 Å². The first-order valence-electron chi connectivity index (χ1n) is 3.95. The van der Waals surface area contributed by atoms with E-state index in [4.69, 9.17) is 5.11 Å². The zero-order chi connectivity index (χ0) is 7.98. The fourth-order valence-corrected chi connectivity index (χ4v) is 0.953. The fourth-order valence-electron chi connectivity index (χ4n) is 0.953. The van der Waals surface area contributed by atoms with Crippen LogP contribution in [0.4, 0.5) is 0 Å². The first kappa shape index (κ1) is 13.9. The average molecular weight is 351 g/mol. The normalized spacial score (nSPS) is 11.8. The molecule has 11 heavy (non-hydrogen) atoms. The predicted molar refractivity (Wildman–Crippen MR) is 46.7 cm³/mol. The Bertz CT molecular complexity index is 104. The van der Waals surface area contributed by atoms with E-state index < -0.39 is 5.97 Å². The van der Waals surface area contributed by atoms with Crippen molar-refractivity contribution in [2.24, 2.45) is 5.92 Å². The van der Waals surface area contributed by atoms with Crippen LogP contribution in [0.1, 0.15) is 39.5 Å². The maximum atomic E-state index is 10.4. The molecule has 0 fully saturated rings. The summed E-state index contributed by atoms with van der Waals surface area (Å²) in [6.45, 7) is 4.00. The molecule has 1 N–H and O–H groups in total. The van der Waals surface area contributed by atoms with Crippen LogP contribution in [0.5, 0.6) is 0 Å². The van der Waals surface area contributed by atoms with E-state index in [1.54, 1.807) is 0 Å². The summed E-state index contributed by atoms with van der Waals surface area (Å²) in [6.07, 6.45) is 3.71. The van der Waals surface area contributed by atoms with E-state index in [2.05, 4.69) is 6.92 Å². The van der Waals surface area contributed by atoms with Gasteiger partial charge in [-0.05, 0) is 12.8 Å². The molecule has 0 aromatic heterocycles. The minimum atomic E-state index is -0.643. The van der Waals surface area contributed by atoms with E-state index >= 15 is 0 Å². The van der Waals surface area contributed by atoms with Gasteiger partial charge in [-0.15, -0.1) is 0 Å². The Balaban J connectivity index is 0. The number of unbranched alkanes of at least 4 members (excludes halogenated alkanes) is 1. The molecule has 3 heteroatoms. The van der Waals surface area contributed by atoms with Crippen molar-refractivity contribution in [2.75, 3.05) is 0 Å². The largest absolute Gasteiger partial charge is 0.481 e. The second kappa shape index (κ2) is 8.49. The first-order chi connectivity index (χ1) is 4.72. The van der Waals surface area contributed by atoms with Crippen molar-refractivity contribution in [2.45, 2.75) is 39.5 Å². The summed E-state index contributed by atoms with van der Waals surface area (Å²) in [4.78, 5) is 10.4. The quantitative estimate of drug-likeness (QED) is 0.769. The number of hydrogen-bond acceptors (Lipinski definition) is 1. The molecule has 64 valence electrons. The zero-order valence-electron chi connectivity index (χ0n) is 7.26. The Morgan fingerprint density at radius 3 is 2.27 bits per heavy atom. The van der Waals surface area contributed by atoms with E-state index in [1.807, 2.05) is 6.92 Å². The number of carboxylic acid groups (broad SMARTS) is 1. The van der Waals surface area contributed by atoms with Crippen LogP contribution in [0.15, 0.2) is 0 Å². The molecular formula is C8H16O2Pb. The summed E-state index contributed by atoms with van der Waals surface area (Å²) >= 11 is 0. The third kappa shape index (κ3) is 6.78. The third-order valence-electron chi connectivity index (χ3n) is 1.75. The van der Waals surface area contributed by atoms with Crippen molar-refractivity contribution in [1.29, 1.82) is 0 Å². The van der Waals surface area contributed by atoms with Gasteiger partial charge < -0.3 is 5.11 Å². The maximum Gasteiger partial charge on any atom is 0.306 e. The summed E-state index contributed by atoms with van der Waals surface area (Å²) in [7, 11) is 0.